The van der Waals surface area contributed by atoms with Crippen molar-refractivity contribution in [1.82, 2.24) is 5.32 Å². The normalized spacial score (nSPS) is 12.5. The summed E-state index contributed by atoms with van der Waals surface area (Å²) >= 11 is 0. The molecule has 0 spiro atoms. The summed E-state index contributed by atoms with van der Waals surface area (Å²) < 4.78 is 76.6. The summed E-state index contributed by atoms with van der Waals surface area (Å²) in [5, 5.41) is 21.4. The monoisotopic (exact) mass is 1060 g/mol. The van der Waals surface area contributed by atoms with Crippen LogP contribution in [-0.4, -0.2) is 239 Å². The van der Waals surface area contributed by atoms with Gasteiger partial charge in [0.05, 0.1) is 198 Å². The van der Waals surface area contributed by atoms with Crippen molar-refractivity contribution in [2.45, 2.75) is 109 Å². The third-order valence-corrected chi connectivity index (χ3v) is 10.3. The van der Waals surface area contributed by atoms with Crippen molar-refractivity contribution in [3.8, 4) is 0 Å². The summed E-state index contributed by atoms with van der Waals surface area (Å²) in [5.74, 6) is 0.0548. The van der Waals surface area contributed by atoms with Gasteiger partial charge < -0.3 is 93.7 Å². The van der Waals surface area contributed by atoms with Gasteiger partial charge in [-0.05, 0) is 32.1 Å². The Balaban J connectivity index is 0. The Morgan fingerprint density at radius 2 is 0.699 bits per heavy atom. The first kappa shape index (κ1) is 73.7. The van der Waals surface area contributed by atoms with Gasteiger partial charge in [0, 0.05) is 26.1 Å². The molecule has 21 heteroatoms. The first-order chi connectivity index (χ1) is 36.1. The highest BCUT2D eigenvalue weighted by Crippen LogP contribution is 2.11. The Labute approximate surface area is 441 Å². The number of ketones is 1. The summed E-state index contributed by atoms with van der Waals surface area (Å²) in [6.07, 6.45) is 20.2. The smallest absolute Gasteiger partial charge is 0.151 e. The zero-order chi connectivity index (χ0) is 53.3. The number of aliphatic hydroxyl groups excluding tert-OH is 2. The molecule has 0 aliphatic rings. The zero-order valence-corrected chi connectivity index (χ0v) is 45.6. The number of nitrogens with two attached hydrogens (primary N) is 3. The number of hydrogen-bond donors (Lipinski definition) is 6. The topological polar surface area (TPSA) is 277 Å². The number of carbonyl (C=O) groups is 1. The molecule has 0 heterocycles. The summed E-state index contributed by atoms with van der Waals surface area (Å²) in [6, 6.07) is -0.548. The first-order valence-electron chi connectivity index (χ1n) is 27.5. The van der Waals surface area contributed by atoms with E-state index in [1.807, 2.05) is 0 Å². The van der Waals surface area contributed by atoms with Crippen LogP contribution in [0.5, 0.6) is 0 Å². The summed E-state index contributed by atoms with van der Waals surface area (Å²) in [7, 11) is 0. The molecule has 0 saturated heterocycles. The third kappa shape index (κ3) is 64.8. The van der Waals surface area contributed by atoms with Gasteiger partial charge in [0.1, 0.15) is 6.23 Å². The van der Waals surface area contributed by atoms with E-state index in [0.29, 0.717) is 191 Å². The highest BCUT2D eigenvalue weighted by molar-refractivity contribution is 5.84. The molecule has 0 fully saturated rings. The van der Waals surface area contributed by atoms with Gasteiger partial charge in [0.25, 0.3) is 0 Å². The van der Waals surface area contributed by atoms with Crippen LogP contribution in [-0.2, 0) is 71.1 Å². The molecule has 0 aromatic heterocycles. The Kier molecular flexibility index (Phi) is 69.3. The first-order valence-corrected chi connectivity index (χ1v) is 27.5. The van der Waals surface area contributed by atoms with E-state index in [0.717, 1.165) is 25.7 Å². The van der Waals surface area contributed by atoms with Gasteiger partial charge in [-0.3, -0.25) is 10.1 Å². The Bertz CT molecular complexity index is 1050. The Hall–Kier alpha value is -1.39. The summed E-state index contributed by atoms with van der Waals surface area (Å²) in [6.45, 7) is 15.6. The lowest BCUT2D eigenvalue weighted by molar-refractivity contribution is -0.123. The second-order valence-electron chi connectivity index (χ2n) is 16.6. The molecule has 0 rings (SSSR count). The fraction of sp³-hybridized carbons (Fsp3) is 0.942. The lowest BCUT2D eigenvalue weighted by Crippen LogP contribution is -2.50. The number of unbranched alkanes of at least 4 members (excludes halogenated alkanes) is 11. The van der Waals surface area contributed by atoms with Gasteiger partial charge >= 0.3 is 0 Å². The van der Waals surface area contributed by atoms with Crippen molar-refractivity contribution in [2.24, 2.45) is 17.2 Å². The molecule has 0 radical (unpaired) electrons. The predicted molar refractivity (Wildman–Crippen MR) is 283 cm³/mol. The maximum atomic E-state index is 12.7. The van der Waals surface area contributed by atoms with Gasteiger partial charge in [0.15, 0.2) is 5.78 Å². The van der Waals surface area contributed by atoms with Crippen molar-refractivity contribution < 1.29 is 81.3 Å². The maximum Gasteiger partial charge on any atom is 0.151 e. The molecule has 0 aromatic rings. The highest BCUT2D eigenvalue weighted by Gasteiger charge is 2.20. The minimum atomic E-state index is -0.691. The SMILES string of the molecule is CCCCCCCC/C=C\CCCCCCCC(=O)C(CN)NC(CO)OCCOCCOCCOCCOCCOCCOCCOCCOCCOCCOCCOCCOCCOCCO.NCCN. The van der Waals surface area contributed by atoms with E-state index in [1.54, 1.807) is 0 Å². The van der Waals surface area contributed by atoms with Crippen LogP contribution in [0.2, 0.25) is 0 Å². The number of ether oxygens (including phenoxy) is 14. The standard InChI is InChI=1S/C50H100N2O17.C2H8N2/c1-2-3-4-5-6-7-8-9-10-11-12-13-14-15-16-17-49(55)48(46-51)52-50(47-54)69-45-44-68-43-42-67-41-40-66-39-38-65-37-36-64-35-34-63-33-32-62-31-30-61-29-28-60-27-26-59-25-24-58-23-22-57-21-20-56-19-18-53;3-1-2-4/h9-10,48,50,52-54H,2-8,11-47,51H2,1H3;1-4H2/b10-9-;. The largest absolute Gasteiger partial charge is 0.394 e. The van der Waals surface area contributed by atoms with Crippen LogP contribution in [0.4, 0.5) is 0 Å². The lowest BCUT2D eigenvalue weighted by Gasteiger charge is -2.23. The average molecular weight is 1060 g/mol. The quantitative estimate of drug-likeness (QED) is 0.0290. The van der Waals surface area contributed by atoms with E-state index >= 15 is 0 Å². The number of nitrogens with one attached hydrogen (secondary N) is 1. The fourth-order valence-electron chi connectivity index (χ4n) is 6.27. The van der Waals surface area contributed by atoms with Crippen LogP contribution in [0.1, 0.15) is 96.8 Å². The summed E-state index contributed by atoms with van der Waals surface area (Å²) in [5.41, 5.74) is 15.7. The molecule has 438 valence electrons. The van der Waals surface area contributed by atoms with Crippen molar-refractivity contribution in [1.29, 1.82) is 0 Å². The van der Waals surface area contributed by atoms with Gasteiger partial charge in [-0.1, -0.05) is 70.4 Å². The molecule has 73 heavy (non-hydrogen) atoms. The molecular weight excluding hydrogens is 953 g/mol. The van der Waals surface area contributed by atoms with Crippen molar-refractivity contribution >= 4 is 5.78 Å². The highest BCUT2D eigenvalue weighted by atomic mass is 16.6. The number of Topliss-reactive ketones (excluding diaryl/α,β-unsaturated/α-hetero) is 1. The lowest BCUT2D eigenvalue weighted by atomic mass is 10.0. The molecule has 0 bridgehead atoms. The molecule has 0 aliphatic heterocycles. The predicted octanol–water partition coefficient (Wildman–Crippen LogP) is 2.96. The number of rotatable bonds is 63. The van der Waals surface area contributed by atoms with Gasteiger partial charge in [-0.25, -0.2) is 0 Å². The van der Waals surface area contributed by atoms with Crippen LogP contribution >= 0.6 is 0 Å². The third-order valence-electron chi connectivity index (χ3n) is 10.3. The van der Waals surface area contributed by atoms with Gasteiger partial charge in [-0.2, -0.15) is 0 Å². The minimum absolute atomic E-state index is 0.0180. The Morgan fingerprint density at radius 1 is 0.411 bits per heavy atom. The average Bonchev–Trinajstić information content (AvgIpc) is 3.41. The van der Waals surface area contributed by atoms with Crippen LogP contribution in [0, 0.1) is 0 Å². The molecule has 21 nitrogen and oxygen atoms in total. The molecule has 9 N–H and O–H groups in total. The second kappa shape index (κ2) is 68.6. The molecule has 0 aromatic carbocycles. The molecule has 2 atom stereocenters. The van der Waals surface area contributed by atoms with E-state index in [4.69, 9.17) is 88.6 Å². The van der Waals surface area contributed by atoms with Gasteiger partial charge in [0.2, 0.25) is 0 Å². The zero-order valence-electron chi connectivity index (χ0n) is 45.6. The van der Waals surface area contributed by atoms with Crippen LogP contribution < -0.4 is 22.5 Å². The van der Waals surface area contributed by atoms with Crippen molar-refractivity contribution in [2.75, 3.05) is 211 Å². The van der Waals surface area contributed by atoms with E-state index in [-0.39, 0.29) is 32.1 Å². The molecule has 2 unspecified atom stereocenters. The molecule has 0 saturated carbocycles. The van der Waals surface area contributed by atoms with E-state index in [2.05, 4.69) is 24.4 Å². The van der Waals surface area contributed by atoms with Crippen LogP contribution in [0.15, 0.2) is 12.2 Å². The second-order valence-corrected chi connectivity index (χ2v) is 16.6. The van der Waals surface area contributed by atoms with Crippen LogP contribution in [0.3, 0.4) is 0 Å². The number of allylic oxidation sites excluding steroid dienone is 2. The molecule has 0 amide bonds. The van der Waals surface area contributed by atoms with E-state index < -0.39 is 12.3 Å². The Morgan fingerprint density at radius 3 is 0.986 bits per heavy atom. The fourth-order valence-corrected chi connectivity index (χ4v) is 6.27. The van der Waals surface area contributed by atoms with Crippen molar-refractivity contribution in [3.05, 3.63) is 12.2 Å². The van der Waals surface area contributed by atoms with Crippen LogP contribution in [0.25, 0.3) is 0 Å². The van der Waals surface area contributed by atoms with Crippen molar-refractivity contribution in [3.63, 3.8) is 0 Å². The summed E-state index contributed by atoms with van der Waals surface area (Å²) in [4.78, 5) is 12.7. The maximum absolute atomic E-state index is 12.7. The molecular formula is C52H108N4O17. The number of hydrogen-bond acceptors (Lipinski definition) is 21. The van der Waals surface area contributed by atoms with E-state index in [1.165, 1.54) is 57.8 Å². The minimum Gasteiger partial charge on any atom is -0.394 e. The van der Waals surface area contributed by atoms with Gasteiger partial charge in [-0.15, -0.1) is 0 Å². The number of carbonyl (C=O) groups excluding carboxylic acids is 1. The number of aliphatic hydroxyl groups is 2. The molecule has 0 aliphatic carbocycles. The van der Waals surface area contributed by atoms with E-state index in [9.17, 15) is 9.90 Å².